The first kappa shape index (κ1) is 9.27. The quantitative estimate of drug-likeness (QED) is 0.848. The summed E-state index contributed by atoms with van der Waals surface area (Å²) in [5, 5.41) is 13.7. The first-order chi connectivity index (χ1) is 6.68. The van der Waals surface area contributed by atoms with E-state index in [2.05, 4.69) is 21.0 Å². The third-order valence-electron chi connectivity index (χ3n) is 1.99. The highest BCUT2D eigenvalue weighted by atomic mass is 79.9. The van der Waals surface area contributed by atoms with Gasteiger partial charge in [-0.05, 0) is 31.2 Å². The minimum Gasteiger partial charge on any atom is -0.493 e. The van der Waals surface area contributed by atoms with Gasteiger partial charge in [-0.3, -0.25) is 0 Å². The van der Waals surface area contributed by atoms with Gasteiger partial charge in [0.2, 0.25) is 5.88 Å². The highest BCUT2D eigenvalue weighted by Gasteiger charge is 2.06. The number of halogens is 1. The minimum absolute atomic E-state index is 0.187. The SMILES string of the molecule is Cc1cnn(-c2ccc(Br)cc2)c1O. The molecule has 0 radical (unpaired) electrons. The van der Waals surface area contributed by atoms with Crippen LogP contribution in [0.25, 0.3) is 5.69 Å². The zero-order valence-corrected chi connectivity index (χ0v) is 9.19. The smallest absolute Gasteiger partial charge is 0.217 e. The van der Waals surface area contributed by atoms with Gasteiger partial charge in [-0.2, -0.15) is 5.10 Å². The Morgan fingerprint density at radius 1 is 1.29 bits per heavy atom. The molecule has 4 heteroatoms. The van der Waals surface area contributed by atoms with E-state index in [4.69, 9.17) is 0 Å². The number of nitrogens with zero attached hydrogens (tertiary/aromatic N) is 2. The van der Waals surface area contributed by atoms with Crippen LogP contribution >= 0.6 is 15.9 Å². The maximum atomic E-state index is 9.65. The topological polar surface area (TPSA) is 38.0 Å². The number of rotatable bonds is 1. The van der Waals surface area contributed by atoms with Gasteiger partial charge in [0, 0.05) is 10.0 Å². The predicted molar refractivity (Wildman–Crippen MR) is 57.7 cm³/mol. The Labute approximate surface area is 90.1 Å². The van der Waals surface area contributed by atoms with Crippen molar-refractivity contribution in [2.24, 2.45) is 0 Å². The van der Waals surface area contributed by atoms with Crippen LogP contribution in [-0.2, 0) is 0 Å². The van der Waals surface area contributed by atoms with Crippen molar-refractivity contribution in [1.29, 1.82) is 0 Å². The van der Waals surface area contributed by atoms with Gasteiger partial charge < -0.3 is 5.11 Å². The molecule has 0 aliphatic carbocycles. The average Bonchev–Trinajstić information content (AvgIpc) is 2.50. The molecule has 1 aromatic heterocycles. The van der Waals surface area contributed by atoms with Crippen LogP contribution in [0.5, 0.6) is 5.88 Å². The monoisotopic (exact) mass is 252 g/mol. The molecule has 2 aromatic rings. The fraction of sp³-hybridized carbons (Fsp3) is 0.100. The molecule has 2 rings (SSSR count). The van der Waals surface area contributed by atoms with Gasteiger partial charge in [-0.1, -0.05) is 15.9 Å². The molecule has 0 saturated heterocycles. The molecule has 0 spiro atoms. The molecule has 0 amide bonds. The second-order valence-corrected chi connectivity index (χ2v) is 3.96. The van der Waals surface area contributed by atoms with Gasteiger partial charge in [-0.25, -0.2) is 4.68 Å². The van der Waals surface area contributed by atoms with E-state index in [0.29, 0.717) is 0 Å². The Balaban J connectivity index is 2.49. The van der Waals surface area contributed by atoms with Gasteiger partial charge in [0.15, 0.2) is 0 Å². The van der Waals surface area contributed by atoms with Crippen LogP contribution in [0.1, 0.15) is 5.56 Å². The third-order valence-corrected chi connectivity index (χ3v) is 2.52. The molecule has 1 N–H and O–H groups in total. The van der Waals surface area contributed by atoms with E-state index in [1.807, 2.05) is 31.2 Å². The largest absolute Gasteiger partial charge is 0.493 e. The minimum atomic E-state index is 0.187. The normalized spacial score (nSPS) is 10.4. The number of aryl methyl sites for hydroxylation is 1. The molecular weight excluding hydrogens is 244 g/mol. The summed E-state index contributed by atoms with van der Waals surface area (Å²) < 4.78 is 2.51. The Morgan fingerprint density at radius 3 is 2.43 bits per heavy atom. The summed E-state index contributed by atoms with van der Waals surface area (Å²) in [5.74, 6) is 0.187. The Morgan fingerprint density at radius 2 is 1.93 bits per heavy atom. The maximum Gasteiger partial charge on any atom is 0.217 e. The molecule has 0 aliphatic heterocycles. The number of hydrogen-bond donors (Lipinski definition) is 1. The van der Waals surface area contributed by atoms with E-state index in [-0.39, 0.29) is 5.88 Å². The van der Waals surface area contributed by atoms with E-state index in [0.717, 1.165) is 15.7 Å². The lowest BCUT2D eigenvalue weighted by atomic mass is 10.3. The molecule has 0 bridgehead atoms. The van der Waals surface area contributed by atoms with Crippen molar-refractivity contribution in [3.8, 4) is 11.6 Å². The highest BCUT2D eigenvalue weighted by Crippen LogP contribution is 2.21. The fourth-order valence-corrected chi connectivity index (χ4v) is 1.46. The molecule has 1 aromatic carbocycles. The molecule has 72 valence electrons. The second kappa shape index (κ2) is 3.46. The van der Waals surface area contributed by atoms with Crippen molar-refractivity contribution in [3.63, 3.8) is 0 Å². The molecule has 0 atom stereocenters. The average molecular weight is 253 g/mol. The van der Waals surface area contributed by atoms with E-state index >= 15 is 0 Å². The van der Waals surface area contributed by atoms with Crippen molar-refractivity contribution in [2.75, 3.05) is 0 Å². The van der Waals surface area contributed by atoms with Gasteiger partial charge >= 0.3 is 0 Å². The molecule has 1 heterocycles. The summed E-state index contributed by atoms with van der Waals surface area (Å²) in [4.78, 5) is 0. The Hall–Kier alpha value is -1.29. The van der Waals surface area contributed by atoms with Gasteiger partial charge in [0.1, 0.15) is 0 Å². The van der Waals surface area contributed by atoms with Gasteiger partial charge in [0.05, 0.1) is 11.9 Å². The van der Waals surface area contributed by atoms with Crippen LogP contribution in [0.2, 0.25) is 0 Å². The summed E-state index contributed by atoms with van der Waals surface area (Å²) >= 11 is 3.35. The van der Waals surface area contributed by atoms with Crippen molar-refractivity contribution < 1.29 is 5.11 Å². The summed E-state index contributed by atoms with van der Waals surface area (Å²) in [6.07, 6.45) is 1.64. The molecule has 3 nitrogen and oxygen atoms in total. The standard InChI is InChI=1S/C10H9BrN2O/c1-7-6-12-13(10(7)14)9-4-2-8(11)3-5-9/h2-6,14H,1H3. The summed E-state index contributed by atoms with van der Waals surface area (Å²) in [7, 11) is 0. The van der Waals surface area contributed by atoms with Crippen LogP contribution in [0.4, 0.5) is 0 Å². The van der Waals surface area contributed by atoms with E-state index < -0.39 is 0 Å². The number of benzene rings is 1. The van der Waals surface area contributed by atoms with Crippen molar-refractivity contribution in [3.05, 3.63) is 40.5 Å². The lowest BCUT2D eigenvalue weighted by Gasteiger charge is -2.02. The number of aromatic hydroxyl groups is 1. The zero-order chi connectivity index (χ0) is 10.1. The van der Waals surface area contributed by atoms with Crippen molar-refractivity contribution in [1.82, 2.24) is 9.78 Å². The third kappa shape index (κ3) is 1.53. The van der Waals surface area contributed by atoms with Crippen LogP contribution in [0.3, 0.4) is 0 Å². The molecule has 0 saturated carbocycles. The van der Waals surface area contributed by atoms with Crippen LogP contribution < -0.4 is 0 Å². The van der Waals surface area contributed by atoms with E-state index in [1.165, 1.54) is 4.68 Å². The first-order valence-corrected chi connectivity index (χ1v) is 4.97. The van der Waals surface area contributed by atoms with E-state index in [1.54, 1.807) is 6.20 Å². The maximum absolute atomic E-state index is 9.65. The Kier molecular flexibility index (Phi) is 2.29. The number of aromatic nitrogens is 2. The summed E-state index contributed by atoms with van der Waals surface area (Å²) in [5.41, 5.74) is 1.62. The van der Waals surface area contributed by atoms with Crippen molar-refractivity contribution in [2.45, 2.75) is 6.92 Å². The van der Waals surface area contributed by atoms with Crippen LogP contribution in [0.15, 0.2) is 34.9 Å². The summed E-state index contributed by atoms with van der Waals surface area (Å²) in [6.45, 7) is 1.82. The fourth-order valence-electron chi connectivity index (χ4n) is 1.20. The lowest BCUT2D eigenvalue weighted by molar-refractivity contribution is 0.430. The van der Waals surface area contributed by atoms with Gasteiger partial charge in [0.25, 0.3) is 0 Å². The first-order valence-electron chi connectivity index (χ1n) is 4.18. The molecular formula is C10H9BrN2O. The van der Waals surface area contributed by atoms with Crippen molar-refractivity contribution >= 4 is 15.9 Å². The molecule has 0 unspecified atom stereocenters. The van der Waals surface area contributed by atoms with Crippen LogP contribution in [0, 0.1) is 6.92 Å². The highest BCUT2D eigenvalue weighted by molar-refractivity contribution is 9.10. The number of hydrogen-bond acceptors (Lipinski definition) is 2. The summed E-state index contributed by atoms with van der Waals surface area (Å²) in [6, 6.07) is 7.59. The molecule has 14 heavy (non-hydrogen) atoms. The molecule has 0 fully saturated rings. The lowest BCUT2D eigenvalue weighted by Crippen LogP contribution is -1.94. The zero-order valence-electron chi connectivity index (χ0n) is 7.61. The Bertz CT molecular complexity index is 448. The molecule has 0 aliphatic rings. The van der Waals surface area contributed by atoms with Crippen LogP contribution in [-0.4, -0.2) is 14.9 Å². The predicted octanol–water partition coefficient (Wildman–Crippen LogP) is 2.65. The van der Waals surface area contributed by atoms with Gasteiger partial charge in [-0.15, -0.1) is 0 Å². The second-order valence-electron chi connectivity index (χ2n) is 3.04. The van der Waals surface area contributed by atoms with E-state index in [9.17, 15) is 5.11 Å².